The molecule has 0 aromatic heterocycles. The highest BCUT2D eigenvalue weighted by atomic mass is 19.1. The van der Waals surface area contributed by atoms with Crippen LogP contribution < -0.4 is 5.32 Å². The standard InChI is InChI=1S/C28H33FN2O3/c29-23-8-4-7-22(17-23)24-20-30-25(32)19-27(24)9-13-31(14-10-27)26(33)28(11-15-34-16-12-28)18-21-5-2-1-3-6-21/h1-8,17,24H,9-16,18-20H2,(H,30,32). The number of hydrogen-bond donors (Lipinski definition) is 1. The van der Waals surface area contributed by atoms with E-state index in [1.54, 1.807) is 12.1 Å². The molecule has 5 nitrogen and oxygen atoms in total. The molecule has 1 atom stereocenters. The molecule has 2 amide bonds. The van der Waals surface area contributed by atoms with Gasteiger partial charge in [0.25, 0.3) is 0 Å². The Morgan fingerprint density at radius 1 is 1.03 bits per heavy atom. The summed E-state index contributed by atoms with van der Waals surface area (Å²) in [5.74, 6) is 0.0773. The zero-order valence-electron chi connectivity index (χ0n) is 19.6. The maximum atomic E-state index is 14.0. The third kappa shape index (κ3) is 4.48. The van der Waals surface area contributed by atoms with E-state index in [0.717, 1.165) is 37.7 Å². The van der Waals surface area contributed by atoms with Crippen molar-refractivity contribution >= 4 is 11.8 Å². The summed E-state index contributed by atoms with van der Waals surface area (Å²) in [5.41, 5.74) is 1.44. The molecular formula is C28H33FN2O3. The van der Waals surface area contributed by atoms with Crippen molar-refractivity contribution in [1.82, 2.24) is 10.2 Å². The number of halogens is 1. The number of nitrogens with zero attached hydrogens (tertiary/aromatic N) is 1. The number of likely N-dealkylation sites (tertiary alicyclic amines) is 1. The van der Waals surface area contributed by atoms with Crippen LogP contribution in [0, 0.1) is 16.6 Å². The van der Waals surface area contributed by atoms with E-state index < -0.39 is 5.41 Å². The second-order valence-electron chi connectivity index (χ2n) is 10.3. The molecule has 1 spiro atoms. The molecule has 6 heteroatoms. The number of carbonyl (C=O) groups excluding carboxylic acids is 2. The SMILES string of the molecule is O=C1CC2(CCN(C(=O)C3(Cc4ccccc4)CCOCC3)CC2)C(c2cccc(F)c2)CN1. The topological polar surface area (TPSA) is 58.6 Å². The van der Waals surface area contributed by atoms with E-state index in [-0.39, 0.29) is 29.0 Å². The van der Waals surface area contributed by atoms with E-state index >= 15 is 0 Å². The highest BCUT2D eigenvalue weighted by Gasteiger charge is 2.49. The number of amides is 2. The zero-order chi connectivity index (χ0) is 23.6. The van der Waals surface area contributed by atoms with E-state index in [9.17, 15) is 14.0 Å². The first-order chi connectivity index (χ1) is 16.5. The maximum absolute atomic E-state index is 14.0. The van der Waals surface area contributed by atoms with Crippen LogP contribution in [0.1, 0.15) is 49.1 Å². The Labute approximate surface area is 200 Å². The number of rotatable bonds is 4. The van der Waals surface area contributed by atoms with Crippen LogP contribution in [-0.2, 0) is 20.7 Å². The van der Waals surface area contributed by atoms with Gasteiger partial charge in [-0.1, -0.05) is 42.5 Å². The van der Waals surface area contributed by atoms with E-state index in [2.05, 4.69) is 17.4 Å². The van der Waals surface area contributed by atoms with Crippen molar-refractivity contribution in [2.75, 3.05) is 32.8 Å². The molecule has 3 fully saturated rings. The van der Waals surface area contributed by atoms with Crippen LogP contribution in [0.15, 0.2) is 54.6 Å². The van der Waals surface area contributed by atoms with Crippen molar-refractivity contribution in [3.05, 3.63) is 71.5 Å². The Morgan fingerprint density at radius 3 is 2.47 bits per heavy atom. The molecule has 5 rings (SSSR count). The quantitative estimate of drug-likeness (QED) is 0.742. The van der Waals surface area contributed by atoms with Crippen LogP contribution >= 0.6 is 0 Å². The summed E-state index contributed by atoms with van der Waals surface area (Å²) in [7, 11) is 0. The largest absolute Gasteiger partial charge is 0.381 e. The summed E-state index contributed by atoms with van der Waals surface area (Å²) in [5, 5.41) is 2.98. The lowest BCUT2D eigenvalue weighted by Gasteiger charge is -2.50. The fourth-order valence-corrected chi connectivity index (χ4v) is 6.36. The third-order valence-corrected chi connectivity index (χ3v) is 8.34. The maximum Gasteiger partial charge on any atom is 0.229 e. The number of carbonyl (C=O) groups is 2. The van der Waals surface area contributed by atoms with Crippen LogP contribution in [0.2, 0.25) is 0 Å². The summed E-state index contributed by atoms with van der Waals surface area (Å²) in [6.07, 6.45) is 4.13. The monoisotopic (exact) mass is 464 g/mol. The van der Waals surface area contributed by atoms with Crippen molar-refractivity contribution in [3.8, 4) is 0 Å². The number of nitrogens with one attached hydrogen (secondary N) is 1. The predicted octanol–water partition coefficient (Wildman–Crippen LogP) is 4.08. The smallest absolute Gasteiger partial charge is 0.229 e. The fraction of sp³-hybridized carbons (Fsp3) is 0.500. The van der Waals surface area contributed by atoms with Crippen LogP contribution in [-0.4, -0.2) is 49.6 Å². The van der Waals surface area contributed by atoms with Gasteiger partial charge in [0.1, 0.15) is 5.82 Å². The van der Waals surface area contributed by atoms with Crippen LogP contribution in [0.5, 0.6) is 0 Å². The molecule has 0 radical (unpaired) electrons. The minimum atomic E-state index is -0.435. The first-order valence-corrected chi connectivity index (χ1v) is 12.4. The number of piperidine rings is 2. The number of hydrogen-bond acceptors (Lipinski definition) is 3. The molecule has 0 bridgehead atoms. The minimum Gasteiger partial charge on any atom is -0.381 e. The first-order valence-electron chi connectivity index (χ1n) is 12.4. The molecule has 1 N–H and O–H groups in total. The van der Waals surface area contributed by atoms with Crippen molar-refractivity contribution in [2.24, 2.45) is 10.8 Å². The molecular weight excluding hydrogens is 431 g/mol. The molecule has 3 aliphatic rings. The molecule has 1 unspecified atom stereocenters. The van der Waals surface area contributed by atoms with Crippen molar-refractivity contribution in [3.63, 3.8) is 0 Å². The van der Waals surface area contributed by atoms with Gasteiger partial charge in [-0.3, -0.25) is 9.59 Å². The minimum absolute atomic E-state index is 0.0532. The van der Waals surface area contributed by atoms with Gasteiger partial charge in [-0.2, -0.15) is 0 Å². The summed E-state index contributed by atoms with van der Waals surface area (Å²) >= 11 is 0. The lowest BCUT2D eigenvalue weighted by Crippen LogP contribution is -2.56. The second kappa shape index (κ2) is 9.49. The van der Waals surface area contributed by atoms with E-state index in [0.29, 0.717) is 39.3 Å². The molecule has 0 aliphatic carbocycles. The number of benzene rings is 2. The van der Waals surface area contributed by atoms with Gasteiger partial charge in [-0.25, -0.2) is 4.39 Å². The number of ether oxygens (including phenoxy) is 1. The van der Waals surface area contributed by atoms with Gasteiger partial charge < -0.3 is 15.0 Å². The Bertz CT molecular complexity index is 1030. The van der Waals surface area contributed by atoms with Crippen LogP contribution in [0.4, 0.5) is 4.39 Å². The summed E-state index contributed by atoms with van der Waals surface area (Å²) in [4.78, 5) is 28.4. The highest BCUT2D eigenvalue weighted by Crippen LogP contribution is 2.49. The molecule has 3 aliphatic heterocycles. The highest BCUT2D eigenvalue weighted by molar-refractivity contribution is 5.83. The second-order valence-corrected chi connectivity index (χ2v) is 10.3. The molecule has 34 heavy (non-hydrogen) atoms. The lowest BCUT2D eigenvalue weighted by atomic mass is 9.62. The van der Waals surface area contributed by atoms with Gasteiger partial charge in [-0.15, -0.1) is 0 Å². The van der Waals surface area contributed by atoms with Gasteiger partial charge in [0, 0.05) is 45.2 Å². The van der Waals surface area contributed by atoms with Crippen molar-refractivity contribution < 1.29 is 18.7 Å². The van der Waals surface area contributed by atoms with Gasteiger partial charge in [0.15, 0.2) is 0 Å². The zero-order valence-corrected chi connectivity index (χ0v) is 19.6. The van der Waals surface area contributed by atoms with Gasteiger partial charge >= 0.3 is 0 Å². The van der Waals surface area contributed by atoms with Crippen molar-refractivity contribution in [2.45, 2.75) is 44.4 Å². The summed E-state index contributed by atoms with van der Waals surface area (Å²) in [6.45, 7) is 3.01. The Balaban J connectivity index is 1.35. The van der Waals surface area contributed by atoms with Gasteiger partial charge in [0.2, 0.25) is 11.8 Å². The summed E-state index contributed by atoms with van der Waals surface area (Å²) < 4.78 is 19.6. The molecule has 3 saturated heterocycles. The average Bonchev–Trinajstić information content (AvgIpc) is 2.85. The van der Waals surface area contributed by atoms with Crippen LogP contribution in [0.25, 0.3) is 0 Å². The molecule has 0 saturated carbocycles. The molecule has 2 aromatic carbocycles. The van der Waals surface area contributed by atoms with E-state index in [4.69, 9.17) is 4.74 Å². The van der Waals surface area contributed by atoms with E-state index in [1.165, 1.54) is 11.6 Å². The Hall–Kier alpha value is -2.73. The van der Waals surface area contributed by atoms with Crippen LogP contribution in [0.3, 0.4) is 0 Å². The Kier molecular flexibility index (Phi) is 6.43. The summed E-state index contributed by atoms with van der Waals surface area (Å²) in [6, 6.07) is 17.0. The van der Waals surface area contributed by atoms with Gasteiger partial charge in [0.05, 0.1) is 5.41 Å². The van der Waals surface area contributed by atoms with E-state index in [1.807, 2.05) is 29.2 Å². The predicted molar refractivity (Wildman–Crippen MR) is 128 cm³/mol. The molecule has 2 aromatic rings. The van der Waals surface area contributed by atoms with Gasteiger partial charge in [-0.05, 0) is 60.8 Å². The average molecular weight is 465 g/mol. The lowest BCUT2D eigenvalue weighted by molar-refractivity contribution is -0.151. The normalized spacial score (nSPS) is 24.0. The first kappa shape index (κ1) is 23.0. The fourth-order valence-electron chi connectivity index (χ4n) is 6.36. The molecule has 180 valence electrons. The Morgan fingerprint density at radius 2 is 1.76 bits per heavy atom. The van der Waals surface area contributed by atoms with Crippen molar-refractivity contribution in [1.29, 1.82) is 0 Å². The molecule has 3 heterocycles. The third-order valence-electron chi connectivity index (χ3n) is 8.34.